The number of hydrogen-bond donors (Lipinski definition) is 2. The van der Waals surface area contributed by atoms with Crippen molar-refractivity contribution in [3.63, 3.8) is 0 Å². The number of urea groups is 1. The summed E-state index contributed by atoms with van der Waals surface area (Å²) in [5.74, 6) is 0.973. The maximum Gasteiger partial charge on any atom is 0.325 e. The van der Waals surface area contributed by atoms with Gasteiger partial charge in [-0.3, -0.25) is 9.69 Å². The van der Waals surface area contributed by atoms with Crippen LogP contribution in [-0.2, 0) is 4.79 Å². The lowest BCUT2D eigenvalue weighted by atomic mass is 9.75. The van der Waals surface area contributed by atoms with E-state index in [2.05, 4.69) is 12.2 Å². The Morgan fingerprint density at radius 2 is 1.96 bits per heavy atom. The summed E-state index contributed by atoms with van der Waals surface area (Å²) >= 11 is 5.82. The van der Waals surface area contributed by atoms with Crippen LogP contribution in [0.15, 0.2) is 24.3 Å². The average Bonchev–Trinajstić information content (AvgIpc) is 2.86. The largest absolute Gasteiger partial charge is 0.491 e. The van der Waals surface area contributed by atoms with Gasteiger partial charge in [-0.2, -0.15) is 0 Å². The second-order valence-corrected chi connectivity index (χ2v) is 7.63. The number of hydrogen-bond acceptors (Lipinski definition) is 4. The molecule has 6 nitrogen and oxygen atoms in total. The van der Waals surface area contributed by atoms with Crippen LogP contribution in [0.4, 0.5) is 4.79 Å². The highest BCUT2D eigenvalue weighted by molar-refractivity contribution is 6.30. The van der Waals surface area contributed by atoms with Crippen LogP contribution in [0.3, 0.4) is 0 Å². The molecule has 1 aromatic carbocycles. The summed E-state index contributed by atoms with van der Waals surface area (Å²) < 4.78 is 5.49. The first-order valence-electron chi connectivity index (χ1n) is 9.14. The number of β-amino-alcohol motifs (C(OH)–C–C–N with tert-alkyl or cyclic N) is 1. The number of aliphatic hydroxyl groups excluding tert-OH is 1. The number of aliphatic hydroxyl groups is 1. The summed E-state index contributed by atoms with van der Waals surface area (Å²) in [6, 6.07) is 6.36. The second kappa shape index (κ2) is 7.84. The number of amides is 3. The van der Waals surface area contributed by atoms with Crippen LogP contribution in [0.5, 0.6) is 5.75 Å². The van der Waals surface area contributed by atoms with Crippen molar-refractivity contribution in [3.8, 4) is 5.75 Å². The monoisotopic (exact) mass is 380 g/mol. The van der Waals surface area contributed by atoms with E-state index in [4.69, 9.17) is 16.3 Å². The number of carbonyl (C=O) groups excluding carboxylic acids is 2. The maximum absolute atomic E-state index is 12.8. The normalized spacial score (nSPS) is 26.9. The molecule has 0 radical (unpaired) electrons. The van der Waals surface area contributed by atoms with E-state index in [1.165, 1.54) is 0 Å². The minimum Gasteiger partial charge on any atom is -0.491 e. The molecule has 0 bridgehead atoms. The van der Waals surface area contributed by atoms with Gasteiger partial charge in [0, 0.05) is 5.02 Å². The average molecular weight is 381 g/mol. The first-order chi connectivity index (χ1) is 12.4. The van der Waals surface area contributed by atoms with Crippen molar-refractivity contribution in [1.82, 2.24) is 10.2 Å². The Hall–Kier alpha value is -1.79. The summed E-state index contributed by atoms with van der Waals surface area (Å²) in [7, 11) is 0. The van der Waals surface area contributed by atoms with E-state index in [1.807, 2.05) is 0 Å². The minimum atomic E-state index is -0.956. The number of imide groups is 1. The lowest BCUT2D eigenvalue weighted by Gasteiger charge is -2.34. The number of benzene rings is 1. The topological polar surface area (TPSA) is 78.9 Å². The van der Waals surface area contributed by atoms with Crippen LogP contribution in [0.25, 0.3) is 0 Å². The Morgan fingerprint density at radius 1 is 1.31 bits per heavy atom. The highest BCUT2D eigenvalue weighted by atomic mass is 35.5. The molecule has 1 unspecified atom stereocenters. The van der Waals surface area contributed by atoms with E-state index in [0.717, 1.165) is 24.2 Å². The standard InChI is InChI=1S/C19H25ClN2O4/c1-2-13-7-9-19(10-8-13)17(24)22(18(25)21-19)11-15(23)12-26-16-5-3-14(20)4-6-16/h3-6,13,15,23H,2,7-12H2,1H3,(H,21,25). The van der Waals surface area contributed by atoms with Gasteiger partial charge in [0.25, 0.3) is 5.91 Å². The van der Waals surface area contributed by atoms with Crippen molar-refractivity contribution in [2.24, 2.45) is 5.92 Å². The van der Waals surface area contributed by atoms with Crippen LogP contribution in [0.1, 0.15) is 39.0 Å². The van der Waals surface area contributed by atoms with Gasteiger partial charge in [0.05, 0.1) is 6.54 Å². The van der Waals surface area contributed by atoms with Gasteiger partial charge in [0.15, 0.2) is 0 Å². The maximum atomic E-state index is 12.8. The van der Waals surface area contributed by atoms with Crippen LogP contribution in [0.2, 0.25) is 5.02 Å². The molecule has 7 heteroatoms. The summed E-state index contributed by atoms with van der Waals surface area (Å²) in [5, 5.41) is 13.7. The summed E-state index contributed by atoms with van der Waals surface area (Å²) in [6.07, 6.45) is 3.37. The van der Waals surface area contributed by atoms with E-state index in [0.29, 0.717) is 29.5 Å². The van der Waals surface area contributed by atoms with Crippen LogP contribution >= 0.6 is 11.6 Å². The van der Waals surface area contributed by atoms with Crippen molar-refractivity contribution in [3.05, 3.63) is 29.3 Å². The number of ether oxygens (including phenoxy) is 1. The summed E-state index contributed by atoms with van der Waals surface area (Å²) in [4.78, 5) is 26.2. The smallest absolute Gasteiger partial charge is 0.325 e. The molecular formula is C19H25ClN2O4. The predicted molar refractivity (Wildman–Crippen MR) is 98.2 cm³/mol. The lowest BCUT2D eigenvalue weighted by Crippen LogP contribution is -2.50. The molecule has 142 valence electrons. The van der Waals surface area contributed by atoms with Crippen LogP contribution < -0.4 is 10.1 Å². The Morgan fingerprint density at radius 3 is 2.58 bits per heavy atom. The first-order valence-corrected chi connectivity index (χ1v) is 9.52. The van der Waals surface area contributed by atoms with Gasteiger partial charge in [-0.05, 0) is 55.9 Å². The molecule has 1 aromatic rings. The van der Waals surface area contributed by atoms with Crippen molar-refractivity contribution in [2.75, 3.05) is 13.2 Å². The molecule has 1 saturated carbocycles. The molecule has 1 atom stereocenters. The third-order valence-electron chi connectivity index (χ3n) is 5.43. The van der Waals surface area contributed by atoms with Crippen LogP contribution in [0, 0.1) is 5.92 Å². The van der Waals surface area contributed by atoms with Gasteiger partial charge < -0.3 is 15.2 Å². The third kappa shape index (κ3) is 3.96. The summed E-state index contributed by atoms with van der Waals surface area (Å²) in [6.45, 7) is 2.07. The van der Waals surface area contributed by atoms with E-state index in [-0.39, 0.29) is 19.1 Å². The van der Waals surface area contributed by atoms with Gasteiger partial charge in [0.2, 0.25) is 0 Å². The van der Waals surface area contributed by atoms with Crippen molar-refractivity contribution in [1.29, 1.82) is 0 Å². The zero-order valence-electron chi connectivity index (χ0n) is 14.9. The Balaban J connectivity index is 1.55. The molecular weight excluding hydrogens is 356 g/mol. The zero-order chi connectivity index (χ0) is 18.7. The molecule has 2 aliphatic rings. The molecule has 2 N–H and O–H groups in total. The van der Waals surface area contributed by atoms with Crippen LogP contribution in [-0.4, -0.2) is 46.7 Å². The van der Waals surface area contributed by atoms with Gasteiger partial charge in [0.1, 0.15) is 24.0 Å². The summed E-state index contributed by atoms with van der Waals surface area (Å²) in [5.41, 5.74) is -0.778. The molecule has 3 amide bonds. The number of nitrogens with zero attached hydrogens (tertiary/aromatic N) is 1. The Bertz CT molecular complexity index is 656. The fraction of sp³-hybridized carbons (Fsp3) is 0.579. The second-order valence-electron chi connectivity index (χ2n) is 7.20. The molecule has 1 aliphatic carbocycles. The molecule has 1 saturated heterocycles. The SMILES string of the molecule is CCC1CCC2(CC1)NC(=O)N(CC(O)COc1ccc(Cl)cc1)C2=O. The van der Waals surface area contributed by atoms with Gasteiger partial charge >= 0.3 is 6.03 Å². The van der Waals surface area contributed by atoms with Gasteiger partial charge in [-0.25, -0.2) is 4.79 Å². The minimum absolute atomic E-state index is 0.0103. The highest BCUT2D eigenvalue weighted by Gasteiger charge is 2.52. The fourth-order valence-electron chi connectivity index (χ4n) is 3.75. The molecule has 2 fully saturated rings. The number of nitrogens with one attached hydrogen (secondary N) is 1. The molecule has 1 spiro atoms. The van der Waals surface area contributed by atoms with E-state index < -0.39 is 17.7 Å². The molecule has 26 heavy (non-hydrogen) atoms. The quantitative estimate of drug-likeness (QED) is 0.743. The highest BCUT2D eigenvalue weighted by Crippen LogP contribution is 2.37. The zero-order valence-corrected chi connectivity index (χ0v) is 15.7. The Kier molecular flexibility index (Phi) is 5.73. The Labute approximate surface area is 158 Å². The fourth-order valence-corrected chi connectivity index (χ4v) is 3.87. The van der Waals surface area contributed by atoms with Crippen molar-refractivity contribution >= 4 is 23.5 Å². The molecule has 0 aromatic heterocycles. The number of rotatable bonds is 6. The predicted octanol–water partition coefficient (Wildman–Crippen LogP) is 2.97. The lowest BCUT2D eigenvalue weighted by molar-refractivity contribution is -0.133. The van der Waals surface area contributed by atoms with Crippen molar-refractivity contribution < 1.29 is 19.4 Å². The first kappa shape index (κ1) is 19.0. The molecule has 1 heterocycles. The molecule has 3 rings (SSSR count). The molecule has 1 aliphatic heterocycles. The van der Waals surface area contributed by atoms with E-state index >= 15 is 0 Å². The van der Waals surface area contributed by atoms with Gasteiger partial charge in [-0.1, -0.05) is 24.9 Å². The third-order valence-corrected chi connectivity index (χ3v) is 5.68. The van der Waals surface area contributed by atoms with Crippen molar-refractivity contribution in [2.45, 2.75) is 50.7 Å². The van der Waals surface area contributed by atoms with E-state index in [9.17, 15) is 14.7 Å². The van der Waals surface area contributed by atoms with E-state index in [1.54, 1.807) is 24.3 Å². The number of carbonyl (C=O) groups is 2. The van der Waals surface area contributed by atoms with Gasteiger partial charge in [-0.15, -0.1) is 0 Å². The number of halogens is 1.